The molecule has 0 saturated carbocycles. The van der Waals surface area contributed by atoms with Crippen LogP contribution in [-0.4, -0.2) is 67.9 Å². The topological polar surface area (TPSA) is 92.7 Å². The van der Waals surface area contributed by atoms with Crippen LogP contribution in [-0.2, 0) is 33.2 Å². The number of rotatable bonds is 11. The zero-order valence-corrected chi connectivity index (χ0v) is 16.5. The highest BCUT2D eigenvalue weighted by Crippen LogP contribution is 2.30. The lowest BCUT2D eigenvalue weighted by atomic mass is 10.1. The number of carbonyl (C=O) groups is 1. The molecule has 1 N–H and O–H groups in total. The Labute approximate surface area is 160 Å². The molecule has 0 aliphatic carbocycles. The summed E-state index contributed by atoms with van der Waals surface area (Å²) in [6.45, 7) is 10.9. The summed E-state index contributed by atoms with van der Waals surface area (Å²) < 4.78 is 33.8. The normalized spacial score (nSPS) is 33.3. The summed E-state index contributed by atoms with van der Waals surface area (Å²) >= 11 is 0. The Kier molecular flexibility index (Phi) is 8.05. The first-order chi connectivity index (χ1) is 12.7. The van der Waals surface area contributed by atoms with Crippen molar-refractivity contribution in [3.05, 3.63) is 12.3 Å². The first kappa shape index (κ1) is 22.1. The Morgan fingerprint density at radius 1 is 1.07 bits per heavy atom. The van der Waals surface area contributed by atoms with Crippen LogP contribution in [0.4, 0.5) is 0 Å². The Morgan fingerprint density at radius 2 is 1.59 bits per heavy atom. The smallest absolute Gasteiger partial charge is 0.305 e. The highest BCUT2D eigenvalue weighted by atomic mass is 16.8. The summed E-state index contributed by atoms with van der Waals surface area (Å²) in [5.41, 5.74) is 0. The van der Waals surface area contributed by atoms with E-state index in [9.17, 15) is 9.90 Å². The van der Waals surface area contributed by atoms with Gasteiger partial charge in [0.25, 0.3) is 0 Å². The van der Waals surface area contributed by atoms with Crippen LogP contribution in [0.3, 0.4) is 0 Å². The molecule has 27 heavy (non-hydrogen) atoms. The number of aliphatic hydroxyl groups excluding tert-OH is 1. The molecule has 2 fully saturated rings. The lowest BCUT2D eigenvalue weighted by Gasteiger charge is -2.23. The highest BCUT2D eigenvalue weighted by molar-refractivity contribution is 5.69. The van der Waals surface area contributed by atoms with E-state index in [-0.39, 0.29) is 30.4 Å². The SMILES string of the molecule is C=C(O)CCC1(C)OCC(COCC2COC(C)(CCC(=O)OCC)O2)O1. The molecule has 4 unspecified atom stereocenters. The number of allylic oxidation sites excluding steroid dienone is 1. The fourth-order valence-corrected chi connectivity index (χ4v) is 3.07. The van der Waals surface area contributed by atoms with Crippen molar-refractivity contribution >= 4 is 5.97 Å². The van der Waals surface area contributed by atoms with Crippen molar-refractivity contribution in [2.45, 2.75) is 70.2 Å². The summed E-state index contributed by atoms with van der Waals surface area (Å²) in [6, 6.07) is 0. The minimum atomic E-state index is -0.793. The van der Waals surface area contributed by atoms with Crippen LogP contribution in [0.2, 0.25) is 0 Å². The molecular formula is C19H32O8. The maximum atomic E-state index is 11.5. The molecule has 2 aliphatic rings. The van der Waals surface area contributed by atoms with E-state index in [1.807, 2.05) is 13.8 Å². The molecule has 8 nitrogen and oxygen atoms in total. The van der Waals surface area contributed by atoms with Gasteiger partial charge in [-0.05, 0) is 20.8 Å². The van der Waals surface area contributed by atoms with Crippen molar-refractivity contribution in [2.75, 3.05) is 33.0 Å². The van der Waals surface area contributed by atoms with Crippen LogP contribution < -0.4 is 0 Å². The molecule has 2 rings (SSSR count). The second-order valence-electron chi connectivity index (χ2n) is 7.28. The lowest BCUT2D eigenvalue weighted by Crippen LogP contribution is -2.30. The average molecular weight is 388 g/mol. The third-order valence-electron chi connectivity index (χ3n) is 4.54. The minimum Gasteiger partial charge on any atom is -0.513 e. The van der Waals surface area contributed by atoms with E-state index >= 15 is 0 Å². The van der Waals surface area contributed by atoms with Gasteiger partial charge in [0.15, 0.2) is 11.6 Å². The van der Waals surface area contributed by atoms with E-state index in [0.29, 0.717) is 52.3 Å². The first-order valence-corrected chi connectivity index (χ1v) is 9.47. The van der Waals surface area contributed by atoms with Gasteiger partial charge in [0.1, 0.15) is 12.2 Å². The summed E-state index contributed by atoms with van der Waals surface area (Å²) in [4.78, 5) is 11.5. The first-order valence-electron chi connectivity index (χ1n) is 9.47. The third kappa shape index (κ3) is 7.38. The van der Waals surface area contributed by atoms with Crippen LogP contribution in [0.5, 0.6) is 0 Å². The number of carbonyl (C=O) groups excluding carboxylic acids is 1. The number of esters is 1. The molecule has 2 saturated heterocycles. The number of aliphatic hydroxyl groups is 1. The van der Waals surface area contributed by atoms with E-state index in [0.717, 1.165) is 0 Å². The highest BCUT2D eigenvalue weighted by Gasteiger charge is 2.39. The molecule has 0 aromatic heterocycles. The standard InChI is InChI=1S/C19H32O8/c1-5-23-17(21)7-9-19(4)25-13-16(27-19)11-22-10-15-12-24-18(3,26-15)8-6-14(2)20/h15-16,20H,2,5-13H2,1,3-4H3. The van der Waals surface area contributed by atoms with Crippen molar-refractivity contribution < 1.29 is 38.3 Å². The summed E-state index contributed by atoms with van der Waals surface area (Å²) in [7, 11) is 0. The van der Waals surface area contributed by atoms with Crippen LogP contribution in [0.1, 0.15) is 46.5 Å². The number of hydrogen-bond acceptors (Lipinski definition) is 8. The second-order valence-corrected chi connectivity index (χ2v) is 7.28. The van der Waals surface area contributed by atoms with E-state index in [1.54, 1.807) is 6.92 Å². The molecule has 0 radical (unpaired) electrons. The fourth-order valence-electron chi connectivity index (χ4n) is 3.07. The molecule has 0 bridgehead atoms. The fraction of sp³-hybridized carbons (Fsp3) is 0.842. The molecule has 2 heterocycles. The Bertz CT molecular complexity index is 510. The van der Waals surface area contributed by atoms with Gasteiger partial charge in [-0.1, -0.05) is 6.58 Å². The largest absolute Gasteiger partial charge is 0.513 e. The van der Waals surface area contributed by atoms with Gasteiger partial charge in [-0.15, -0.1) is 0 Å². The molecule has 0 aromatic rings. The zero-order chi connectivity index (χ0) is 19.9. The minimum absolute atomic E-state index is 0.118. The quantitative estimate of drug-likeness (QED) is 0.426. The number of hydrogen-bond donors (Lipinski definition) is 1. The summed E-state index contributed by atoms with van der Waals surface area (Å²) in [5.74, 6) is -1.65. The average Bonchev–Trinajstić information content (AvgIpc) is 3.16. The lowest BCUT2D eigenvalue weighted by molar-refractivity contribution is -0.176. The van der Waals surface area contributed by atoms with Crippen LogP contribution in [0.25, 0.3) is 0 Å². The van der Waals surface area contributed by atoms with E-state index in [4.69, 9.17) is 28.4 Å². The van der Waals surface area contributed by atoms with E-state index in [1.165, 1.54) is 0 Å². The van der Waals surface area contributed by atoms with Crippen LogP contribution >= 0.6 is 0 Å². The van der Waals surface area contributed by atoms with Gasteiger partial charge in [0.05, 0.1) is 45.2 Å². The predicted octanol–water partition coefficient (Wildman–Crippen LogP) is 2.46. The molecule has 156 valence electrons. The molecule has 0 aromatic carbocycles. The number of ether oxygens (including phenoxy) is 6. The molecule has 0 amide bonds. The van der Waals surface area contributed by atoms with Crippen LogP contribution in [0.15, 0.2) is 12.3 Å². The van der Waals surface area contributed by atoms with Gasteiger partial charge in [-0.3, -0.25) is 4.79 Å². The molecule has 4 atom stereocenters. The van der Waals surface area contributed by atoms with Gasteiger partial charge >= 0.3 is 5.97 Å². The van der Waals surface area contributed by atoms with Gasteiger partial charge in [-0.2, -0.15) is 0 Å². The maximum Gasteiger partial charge on any atom is 0.305 e. The van der Waals surface area contributed by atoms with Crippen molar-refractivity contribution in [2.24, 2.45) is 0 Å². The second kappa shape index (κ2) is 9.84. The molecule has 2 aliphatic heterocycles. The summed E-state index contributed by atoms with van der Waals surface area (Å²) in [5, 5.41) is 9.21. The summed E-state index contributed by atoms with van der Waals surface area (Å²) in [6.07, 6.45) is 1.31. The molecule has 0 spiro atoms. The monoisotopic (exact) mass is 388 g/mol. The molecule has 8 heteroatoms. The van der Waals surface area contributed by atoms with Crippen molar-refractivity contribution in [3.8, 4) is 0 Å². The van der Waals surface area contributed by atoms with Crippen molar-refractivity contribution in [1.29, 1.82) is 0 Å². The van der Waals surface area contributed by atoms with Gasteiger partial charge in [-0.25, -0.2) is 0 Å². The van der Waals surface area contributed by atoms with Gasteiger partial charge in [0, 0.05) is 19.3 Å². The van der Waals surface area contributed by atoms with Gasteiger partial charge < -0.3 is 33.5 Å². The third-order valence-corrected chi connectivity index (χ3v) is 4.54. The Morgan fingerprint density at radius 3 is 2.07 bits per heavy atom. The van der Waals surface area contributed by atoms with Crippen molar-refractivity contribution in [3.63, 3.8) is 0 Å². The van der Waals surface area contributed by atoms with Crippen LogP contribution in [0, 0.1) is 0 Å². The Hall–Kier alpha value is -1.19. The maximum absolute atomic E-state index is 11.5. The van der Waals surface area contributed by atoms with Gasteiger partial charge in [0.2, 0.25) is 0 Å². The zero-order valence-electron chi connectivity index (χ0n) is 16.5. The van der Waals surface area contributed by atoms with Crippen molar-refractivity contribution in [1.82, 2.24) is 0 Å². The van der Waals surface area contributed by atoms with E-state index in [2.05, 4.69) is 6.58 Å². The molecular weight excluding hydrogens is 356 g/mol. The van der Waals surface area contributed by atoms with E-state index < -0.39 is 11.6 Å². The Balaban J connectivity index is 1.62. The predicted molar refractivity (Wildman–Crippen MR) is 96.1 cm³/mol.